The van der Waals surface area contributed by atoms with Crippen molar-refractivity contribution in [3.05, 3.63) is 45.1 Å². The van der Waals surface area contributed by atoms with Crippen molar-refractivity contribution in [2.24, 2.45) is 0 Å². The molecule has 1 aliphatic heterocycles. The first-order valence-corrected chi connectivity index (χ1v) is 9.49. The van der Waals surface area contributed by atoms with Crippen molar-refractivity contribution in [1.29, 1.82) is 0 Å². The first kappa shape index (κ1) is 18.6. The fourth-order valence-electron chi connectivity index (χ4n) is 2.63. The van der Waals surface area contributed by atoms with E-state index in [2.05, 4.69) is 0 Å². The van der Waals surface area contributed by atoms with Crippen molar-refractivity contribution in [3.63, 3.8) is 0 Å². The van der Waals surface area contributed by atoms with E-state index in [0.29, 0.717) is 43.6 Å². The van der Waals surface area contributed by atoms with Crippen molar-refractivity contribution >= 4 is 34.9 Å². The minimum absolute atomic E-state index is 0.0640. The lowest BCUT2D eigenvalue weighted by atomic mass is 10.1. The zero-order valence-corrected chi connectivity index (χ0v) is 16.2. The van der Waals surface area contributed by atoms with Crippen molar-refractivity contribution in [2.75, 3.05) is 26.9 Å². The van der Waals surface area contributed by atoms with Crippen LogP contribution in [0.15, 0.2) is 30.3 Å². The van der Waals surface area contributed by atoms with Crippen LogP contribution in [0.1, 0.15) is 17.4 Å². The third-order valence-electron chi connectivity index (χ3n) is 3.94. The molecule has 0 aliphatic carbocycles. The lowest BCUT2D eigenvalue weighted by molar-refractivity contribution is -0.126. The molecular weight excluding hydrogens is 374 g/mol. The molecule has 0 saturated carbocycles. The maximum absolute atomic E-state index is 12.5. The smallest absolute Gasteiger partial charge is 0.246 e. The Morgan fingerprint density at radius 3 is 2.85 bits per heavy atom. The minimum atomic E-state index is -0.0640. The normalized spacial score (nSPS) is 13.0. The van der Waals surface area contributed by atoms with Crippen LogP contribution in [0.5, 0.6) is 17.2 Å². The quantitative estimate of drug-likeness (QED) is 0.688. The summed E-state index contributed by atoms with van der Waals surface area (Å²) in [5.74, 6) is 1.76. The summed E-state index contributed by atoms with van der Waals surface area (Å²) in [7, 11) is 1.58. The average Bonchev–Trinajstić information content (AvgIpc) is 3.08. The largest absolute Gasteiger partial charge is 0.493 e. The van der Waals surface area contributed by atoms with Gasteiger partial charge in [0.05, 0.1) is 18.0 Å². The van der Waals surface area contributed by atoms with E-state index in [1.165, 1.54) is 11.3 Å². The average molecular weight is 394 g/mol. The second kappa shape index (κ2) is 8.47. The van der Waals surface area contributed by atoms with Gasteiger partial charge in [-0.25, -0.2) is 0 Å². The Kier molecular flexibility index (Phi) is 6.06. The van der Waals surface area contributed by atoms with Crippen molar-refractivity contribution in [2.45, 2.75) is 13.5 Å². The molecule has 1 aromatic heterocycles. The number of benzene rings is 1. The number of amides is 1. The number of hydrogen-bond acceptors (Lipinski definition) is 5. The van der Waals surface area contributed by atoms with Gasteiger partial charge in [-0.3, -0.25) is 4.79 Å². The maximum Gasteiger partial charge on any atom is 0.246 e. The number of likely N-dealkylation sites (N-methyl/N-ethyl adjacent to an activating group) is 1. The van der Waals surface area contributed by atoms with Crippen LogP contribution in [0.3, 0.4) is 0 Å². The van der Waals surface area contributed by atoms with Crippen LogP contribution >= 0.6 is 22.9 Å². The summed E-state index contributed by atoms with van der Waals surface area (Å²) in [4.78, 5) is 15.3. The summed E-state index contributed by atoms with van der Waals surface area (Å²) in [6.45, 7) is 4.10. The van der Waals surface area contributed by atoms with E-state index in [0.717, 1.165) is 14.8 Å². The lowest BCUT2D eigenvalue weighted by Gasteiger charge is -2.21. The van der Waals surface area contributed by atoms with Crippen molar-refractivity contribution in [3.8, 4) is 17.2 Å². The molecule has 2 aromatic rings. The summed E-state index contributed by atoms with van der Waals surface area (Å²) >= 11 is 7.45. The van der Waals surface area contributed by atoms with Gasteiger partial charge < -0.3 is 19.1 Å². The van der Waals surface area contributed by atoms with Gasteiger partial charge in [-0.2, -0.15) is 0 Å². The molecule has 0 spiro atoms. The summed E-state index contributed by atoms with van der Waals surface area (Å²) in [5, 5.41) is 0. The molecule has 5 nitrogen and oxygen atoms in total. The third-order valence-corrected chi connectivity index (χ3v) is 5.15. The molecule has 1 aromatic carbocycles. The molecule has 0 radical (unpaired) electrons. The van der Waals surface area contributed by atoms with Gasteiger partial charge >= 0.3 is 0 Å². The molecule has 0 N–H and O–H groups in total. The Morgan fingerprint density at radius 2 is 2.15 bits per heavy atom. The van der Waals surface area contributed by atoms with E-state index in [1.54, 1.807) is 24.2 Å². The standard InChI is InChI=1S/C19H20ClNO4S/c1-3-21(12-14-5-6-17(20)26-14)18(22)7-4-13-10-15(23-2)19-16(11-13)24-8-9-25-19/h4-7,10-11H,3,8-9,12H2,1-2H3/b7-4+. The Labute approximate surface area is 161 Å². The number of rotatable bonds is 6. The molecule has 3 rings (SSSR count). The molecule has 1 aliphatic rings. The van der Waals surface area contributed by atoms with Crippen LogP contribution in [-0.4, -0.2) is 37.7 Å². The van der Waals surface area contributed by atoms with Crippen LogP contribution in [0.2, 0.25) is 4.34 Å². The zero-order valence-electron chi connectivity index (χ0n) is 14.7. The van der Waals surface area contributed by atoms with Crippen LogP contribution in [0.25, 0.3) is 6.08 Å². The van der Waals surface area contributed by atoms with Crippen molar-refractivity contribution < 1.29 is 19.0 Å². The first-order chi connectivity index (χ1) is 12.6. The number of carbonyl (C=O) groups excluding carboxylic acids is 1. The molecule has 0 atom stereocenters. The lowest BCUT2D eigenvalue weighted by Crippen LogP contribution is -2.28. The second-order valence-corrected chi connectivity index (χ2v) is 7.44. The highest BCUT2D eigenvalue weighted by Gasteiger charge is 2.18. The van der Waals surface area contributed by atoms with Gasteiger partial charge in [-0.05, 0) is 42.8 Å². The number of thiophene rings is 1. The molecule has 0 saturated heterocycles. The molecule has 2 heterocycles. The Morgan fingerprint density at radius 1 is 1.35 bits per heavy atom. The van der Waals surface area contributed by atoms with E-state index >= 15 is 0 Å². The Hall–Kier alpha value is -2.18. The van der Waals surface area contributed by atoms with Gasteiger partial charge in [0.15, 0.2) is 11.5 Å². The van der Waals surface area contributed by atoms with E-state index in [1.807, 2.05) is 31.2 Å². The summed E-state index contributed by atoms with van der Waals surface area (Å²) in [6.07, 6.45) is 3.32. The minimum Gasteiger partial charge on any atom is -0.493 e. The molecular formula is C19H20ClNO4S. The van der Waals surface area contributed by atoms with Gasteiger partial charge in [-0.15, -0.1) is 11.3 Å². The number of ether oxygens (including phenoxy) is 3. The SMILES string of the molecule is CCN(Cc1ccc(Cl)s1)C(=O)/C=C/c1cc(OC)c2c(c1)OCCO2. The fraction of sp³-hybridized carbons (Fsp3) is 0.316. The highest BCUT2D eigenvalue weighted by atomic mass is 35.5. The molecule has 0 bridgehead atoms. The molecule has 0 fully saturated rings. The van der Waals surface area contributed by atoms with Crippen molar-refractivity contribution in [1.82, 2.24) is 4.90 Å². The molecule has 26 heavy (non-hydrogen) atoms. The topological polar surface area (TPSA) is 48.0 Å². The third kappa shape index (κ3) is 4.31. The number of fused-ring (bicyclic) bond motifs is 1. The van der Waals surface area contributed by atoms with Gasteiger partial charge in [0.25, 0.3) is 0 Å². The van der Waals surface area contributed by atoms with E-state index in [9.17, 15) is 4.79 Å². The summed E-state index contributed by atoms with van der Waals surface area (Å²) in [6, 6.07) is 7.46. The van der Waals surface area contributed by atoms with Crippen LogP contribution in [0, 0.1) is 0 Å². The van der Waals surface area contributed by atoms with Gasteiger partial charge in [0.1, 0.15) is 13.2 Å². The predicted molar refractivity (Wildman–Crippen MR) is 103 cm³/mol. The highest BCUT2D eigenvalue weighted by Crippen LogP contribution is 2.40. The Bertz CT molecular complexity index is 801. The first-order valence-electron chi connectivity index (χ1n) is 8.29. The predicted octanol–water partition coefficient (Wildman–Crippen LogP) is 4.24. The Balaban J connectivity index is 1.74. The molecule has 138 valence electrons. The molecule has 0 unspecified atom stereocenters. The fourth-order valence-corrected chi connectivity index (χ4v) is 3.74. The van der Waals surface area contributed by atoms with E-state index in [-0.39, 0.29) is 5.91 Å². The summed E-state index contributed by atoms with van der Waals surface area (Å²) < 4.78 is 17.3. The van der Waals surface area contributed by atoms with Crippen LogP contribution in [-0.2, 0) is 11.3 Å². The van der Waals surface area contributed by atoms with E-state index < -0.39 is 0 Å². The van der Waals surface area contributed by atoms with Crippen LogP contribution < -0.4 is 14.2 Å². The van der Waals surface area contributed by atoms with Gasteiger partial charge in [0.2, 0.25) is 11.7 Å². The van der Waals surface area contributed by atoms with E-state index in [4.69, 9.17) is 25.8 Å². The van der Waals surface area contributed by atoms with Gasteiger partial charge in [0, 0.05) is 17.5 Å². The monoisotopic (exact) mass is 393 g/mol. The zero-order chi connectivity index (χ0) is 18.5. The number of methoxy groups -OCH3 is 1. The number of nitrogens with zero attached hydrogens (tertiary/aromatic N) is 1. The number of hydrogen-bond donors (Lipinski definition) is 0. The maximum atomic E-state index is 12.5. The number of carbonyl (C=O) groups is 1. The number of halogens is 1. The summed E-state index contributed by atoms with van der Waals surface area (Å²) in [5.41, 5.74) is 0.815. The highest BCUT2D eigenvalue weighted by molar-refractivity contribution is 7.16. The van der Waals surface area contributed by atoms with Crippen LogP contribution in [0.4, 0.5) is 0 Å². The van der Waals surface area contributed by atoms with Gasteiger partial charge in [-0.1, -0.05) is 11.6 Å². The molecule has 7 heteroatoms. The second-order valence-electron chi connectivity index (χ2n) is 5.64. The molecule has 1 amide bonds.